The van der Waals surface area contributed by atoms with E-state index < -0.39 is 0 Å². The van der Waals surface area contributed by atoms with Gasteiger partial charge in [0.15, 0.2) is 0 Å². The molecule has 13 heavy (non-hydrogen) atoms. The molecule has 0 radical (unpaired) electrons. The lowest BCUT2D eigenvalue weighted by Gasteiger charge is -2.17. The van der Waals surface area contributed by atoms with Crippen LogP contribution < -0.4 is 0 Å². The van der Waals surface area contributed by atoms with E-state index in [1.807, 2.05) is 12.3 Å². The standard InChI is InChI=1S/C9H14N4/c10-9(12-5-1-2-6-12)8-13-7-3-4-11-13/h3-4,7,10H,1-2,5-6,8H2. The van der Waals surface area contributed by atoms with Gasteiger partial charge in [-0.05, 0) is 18.9 Å². The molecule has 1 aromatic heterocycles. The zero-order valence-corrected chi connectivity index (χ0v) is 7.61. The van der Waals surface area contributed by atoms with Crippen molar-refractivity contribution < 1.29 is 0 Å². The third-order valence-electron chi connectivity index (χ3n) is 2.36. The topological polar surface area (TPSA) is 44.9 Å². The Morgan fingerprint density at radius 2 is 2.15 bits per heavy atom. The average molecular weight is 178 g/mol. The molecule has 2 rings (SSSR count). The van der Waals surface area contributed by atoms with Crippen LogP contribution in [0.4, 0.5) is 0 Å². The lowest BCUT2D eigenvalue weighted by molar-refractivity contribution is 0.488. The lowest BCUT2D eigenvalue weighted by atomic mass is 10.4. The molecule has 1 fully saturated rings. The van der Waals surface area contributed by atoms with Crippen LogP contribution in [0.3, 0.4) is 0 Å². The van der Waals surface area contributed by atoms with Gasteiger partial charge in [-0.25, -0.2) is 0 Å². The van der Waals surface area contributed by atoms with Crippen molar-refractivity contribution in [1.29, 1.82) is 5.41 Å². The lowest BCUT2D eigenvalue weighted by Crippen LogP contribution is -2.30. The Morgan fingerprint density at radius 3 is 2.77 bits per heavy atom. The maximum atomic E-state index is 7.83. The van der Waals surface area contributed by atoms with E-state index in [0.29, 0.717) is 12.4 Å². The van der Waals surface area contributed by atoms with Gasteiger partial charge in [0, 0.05) is 25.5 Å². The normalized spacial score (nSPS) is 16.5. The van der Waals surface area contributed by atoms with Gasteiger partial charge in [0.25, 0.3) is 0 Å². The van der Waals surface area contributed by atoms with E-state index in [4.69, 9.17) is 5.41 Å². The molecule has 70 valence electrons. The summed E-state index contributed by atoms with van der Waals surface area (Å²) in [5.41, 5.74) is 0. The molecule has 1 aliphatic rings. The summed E-state index contributed by atoms with van der Waals surface area (Å²) in [4.78, 5) is 2.13. The fourth-order valence-electron chi connectivity index (χ4n) is 1.63. The first-order valence-corrected chi connectivity index (χ1v) is 4.66. The van der Waals surface area contributed by atoms with Crippen molar-refractivity contribution in [3.05, 3.63) is 18.5 Å². The van der Waals surface area contributed by atoms with Gasteiger partial charge in [-0.15, -0.1) is 0 Å². The molecule has 1 saturated heterocycles. The highest BCUT2D eigenvalue weighted by atomic mass is 15.3. The first-order chi connectivity index (χ1) is 6.36. The molecule has 0 aromatic carbocycles. The first kappa shape index (κ1) is 8.29. The second-order valence-corrected chi connectivity index (χ2v) is 3.34. The molecule has 0 amide bonds. The monoisotopic (exact) mass is 178 g/mol. The second-order valence-electron chi connectivity index (χ2n) is 3.34. The molecular weight excluding hydrogens is 164 g/mol. The molecule has 0 spiro atoms. The summed E-state index contributed by atoms with van der Waals surface area (Å²) in [7, 11) is 0. The first-order valence-electron chi connectivity index (χ1n) is 4.66. The van der Waals surface area contributed by atoms with Crippen LogP contribution in [-0.4, -0.2) is 33.6 Å². The molecule has 4 nitrogen and oxygen atoms in total. The third kappa shape index (κ3) is 1.88. The third-order valence-corrected chi connectivity index (χ3v) is 2.36. The van der Waals surface area contributed by atoms with Crippen molar-refractivity contribution in [3.8, 4) is 0 Å². The summed E-state index contributed by atoms with van der Waals surface area (Å²) in [5, 5.41) is 11.9. The number of amidine groups is 1. The van der Waals surface area contributed by atoms with Crippen molar-refractivity contribution in [2.75, 3.05) is 13.1 Å². The number of aromatic nitrogens is 2. The predicted octanol–water partition coefficient (Wildman–Crippen LogP) is 0.956. The van der Waals surface area contributed by atoms with Gasteiger partial charge in [0.1, 0.15) is 5.84 Å². The highest BCUT2D eigenvalue weighted by Gasteiger charge is 2.14. The number of nitrogens with one attached hydrogen (secondary N) is 1. The van der Waals surface area contributed by atoms with Crippen LogP contribution in [0.1, 0.15) is 12.8 Å². The molecule has 0 atom stereocenters. The summed E-state index contributed by atoms with van der Waals surface area (Å²) < 4.78 is 1.79. The molecular formula is C9H14N4. The maximum absolute atomic E-state index is 7.83. The van der Waals surface area contributed by atoms with Crippen molar-refractivity contribution in [3.63, 3.8) is 0 Å². The molecule has 4 heteroatoms. The Morgan fingerprint density at radius 1 is 1.38 bits per heavy atom. The largest absolute Gasteiger partial charge is 0.359 e. The van der Waals surface area contributed by atoms with Crippen molar-refractivity contribution in [1.82, 2.24) is 14.7 Å². The van der Waals surface area contributed by atoms with Crippen LogP contribution in [0, 0.1) is 5.41 Å². The fourth-order valence-corrected chi connectivity index (χ4v) is 1.63. The SMILES string of the molecule is N=C(Cn1cccn1)N1CCCC1. The van der Waals surface area contributed by atoms with E-state index in [1.54, 1.807) is 10.9 Å². The summed E-state index contributed by atoms with van der Waals surface area (Å²) >= 11 is 0. The van der Waals surface area contributed by atoms with Crippen LogP contribution in [0.2, 0.25) is 0 Å². The van der Waals surface area contributed by atoms with E-state index in [1.165, 1.54) is 12.8 Å². The molecule has 0 unspecified atom stereocenters. The second kappa shape index (κ2) is 3.60. The number of nitrogens with zero attached hydrogens (tertiary/aromatic N) is 3. The summed E-state index contributed by atoms with van der Waals surface area (Å²) in [6, 6.07) is 1.89. The Hall–Kier alpha value is -1.32. The minimum Gasteiger partial charge on any atom is -0.359 e. The van der Waals surface area contributed by atoms with Crippen molar-refractivity contribution in [2.24, 2.45) is 0 Å². The minimum absolute atomic E-state index is 0.604. The zero-order chi connectivity index (χ0) is 9.10. The van der Waals surface area contributed by atoms with Gasteiger partial charge in [-0.3, -0.25) is 10.1 Å². The Labute approximate surface area is 77.7 Å². The number of hydrogen-bond donors (Lipinski definition) is 1. The molecule has 1 aromatic rings. The van der Waals surface area contributed by atoms with Crippen LogP contribution in [0.5, 0.6) is 0 Å². The van der Waals surface area contributed by atoms with Crippen LogP contribution in [0.25, 0.3) is 0 Å². The summed E-state index contributed by atoms with van der Waals surface area (Å²) in [6.07, 6.45) is 6.09. The Kier molecular flexibility index (Phi) is 2.29. The number of likely N-dealkylation sites (tertiary alicyclic amines) is 1. The van der Waals surface area contributed by atoms with Crippen LogP contribution in [-0.2, 0) is 6.54 Å². The highest BCUT2D eigenvalue weighted by Crippen LogP contribution is 2.08. The molecule has 0 saturated carbocycles. The van der Waals surface area contributed by atoms with Crippen molar-refractivity contribution >= 4 is 5.84 Å². The summed E-state index contributed by atoms with van der Waals surface area (Å²) in [5.74, 6) is 0.682. The van der Waals surface area contributed by atoms with Crippen molar-refractivity contribution in [2.45, 2.75) is 19.4 Å². The van der Waals surface area contributed by atoms with E-state index in [-0.39, 0.29) is 0 Å². The van der Waals surface area contributed by atoms with E-state index in [0.717, 1.165) is 13.1 Å². The summed E-state index contributed by atoms with van der Waals surface area (Å²) in [6.45, 7) is 2.69. The van der Waals surface area contributed by atoms with Gasteiger partial charge >= 0.3 is 0 Å². The fraction of sp³-hybridized carbons (Fsp3) is 0.556. The van der Waals surface area contributed by atoms with Crippen LogP contribution in [0.15, 0.2) is 18.5 Å². The smallest absolute Gasteiger partial charge is 0.118 e. The van der Waals surface area contributed by atoms with Crippen LogP contribution >= 0.6 is 0 Å². The van der Waals surface area contributed by atoms with E-state index in [2.05, 4.69) is 10.00 Å². The molecule has 0 bridgehead atoms. The molecule has 0 aliphatic carbocycles. The molecule has 2 heterocycles. The zero-order valence-electron chi connectivity index (χ0n) is 7.61. The molecule has 1 N–H and O–H groups in total. The van der Waals surface area contributed by atoms with E-state index >= 15 is 0 Å². The van der Waals surface area contributed by atoms with Gasteiger partial charge in [0.2, 0.25) is 0 Å². The van der Waals surface area contributed by atoms with Gasteiger partial charge in [0.05, 0.1) is 6.54 Å². The highest BCUT2D eigenvalue weighted by molar-refractivity contribution is 5.79. The Bertz CT molecular complexity index is 272. The van der Waals surface area contributed by atoms with Gasteiger partial charge in [-0.1, -0.05) is 0 Å². The Balaban J connectivity index is 1.91. The van der Waals surface area contributed by atoms with E-state index in [9.17, 15) is 0 Å². The number of hydrogen-bond acceptors (Lipinski definition) is 2. The predicted molar refractivity (Wildman–Crippen MR) is 50.8 cm³/mol. The molecule has 1 aliphatic heterocycles. The minimum atomic E-state index is 0.604. The maximum Gasteiger partial charge on any atom is 0.118 e. The number of rotatable bonds is 2. The average Bonchev–Trinajstić information content (AvgIpc) is 2.74. The van der Waals surface area contributed by atoms with Gasteiger partial charge in [-0.2, -0.15) is 5.10 Å². The van der Waals surface area contributed by atoms with Gasteiger partial charge < -0.3 is 4.90 Å². The quantitative estimate of drug-likeness (QED) is 0.541.